The van der Waals surface area contributed by atoms with Crippen LogP contribution in [0.2, 0.25) is 10.0 Å². The molecule has 1 unspecified atom stereocenters. The van der Waals surface area contributed by atoms with Crippen LogP contribution in [0.4, 0.5) is 0 Å². The number of methoxy groups -OCH3 is 1. The molecule has 1 saturated heterocycles. The predicted molar refractivity (Wildman–Crippen MR) is 136 cm³/mol. The predicted octanol–water partition coefficient (Wildman–Crippen LogP) is 5.72. The number of carbonyl (C=O) groups excluding carboxylic acids is 1. The summed E-state index contributed by atoms with van der Waals surface area (Å²) in [5, 5.41) is 1.19. The van der Waals surface area contributed by atoms with Crippen LogP contribution in [0.15, 0.2) is 72.8 Å². The quantitative estimate of drug-likeness (QED) is 0.398. The standard InChI is InChI=1S/C27H28Cl2N2O3/c1-33-23-6-4-5-20(17-23)19-34-26(21-9-11-22(28)12-10-21)18-30-13-15-31(16-14-30)27(32)24-7-2-3-8-25(24)29/h2-12,17,26H,13-16,18-19H2,1H3. The summed E-state index contributed by atoms with van der Waals surface area (Å²) in [5.41, 5.74) is 2.67. The highest BCUT2D eigenvalue weighted by molar-refractivity contribution is 6.33. The number of carbonyl (C=O) groups is 1. The van der Waals surface area contributed by atoms with Gasteiger partial charge in [-0.3, -0.25) is 9.69 Å². The SMILES string of the molecule is COc1cccc(COC(CN2CCN(C(=O)c3ccccc3Cl)CC2)c2ccc(Cl)cc2)c1. The molecule has 34 heavy (non-hydrogen) atoms. The molecule has 0 aliphatic carbocycles. The van der Waals surface area contributed by atoms with Crippen molar-refractivity contribution in [3.8, 4) is 5.75 Å². The molecule has 1 amide bonds. The van der Waals surface area contributed by atoms with Crippen molar-refractivity contribution in [2.24, 2.45) is 0 Å². The van der Waals surface area contributed by atoms with Gasteiger partial charge < -0.3 is 14.4 Å². The van der Waals surface area contributed by atoms with Gasteiger partial charge in [-0.1, -0.05) is 59.6 Å². The Bertz CT molecular complexity index is 1100. The van der Waals surface area contributed by atoms with E-state index in [9.17, 15) is 4.79 Å². The van der Waals surface area contributed by atoms with Gasteiger partial charge in [0, 0.05) is 37.7 Å². The molecule has 5 nitrogen and oxygen atoms in total. The largest absolute Gasteiger partial charge is 0.497 e. The summed E-state index contributed by atoms with van der Waals surface area (Å²) in [6.07, 6.45) is -0.130. The molecule has 1 atom stereocenters. The molecule has 3 aromatic carbocycles. The maximum atomic E-state index is 12.9. The Morgan fingerprint density at radius 1 is 0.941 bits per heavy atom. The minimum Gasteiger partial charge on any atom is -0.497 e. The van der Waals surface area contributed by atoms with Crippen LogP contribution in [-0.4, -0.2) is 55.5 Å². The van der Waals surface area contributed by atoms with Gasteiger partial charge in [0.2, 0.25) is 0 Å². The Morgan fingerprint density at radius 2 is 1.68 bits per heavy atom. The van der Waals surface area contributed by atoms with Gasteiger partial charge in [0.25, 0.3) is 5.91 Å². The fourth-order valence-corrected chi connectivity index (χ4v) is 4.41. The highest BCUT2D eigenvalue weighted by Gasteiger charge is 2.25. The van der Waals surface area contributed by atoms with Gasteiger partial charge in [-0.15, -0.1) is 0 Å². The van der Waals surface area contributed by atoms with Gasteiger partial charge in [0.15, 0.2) is 0 Å². The van der Waals surface area contributed by atoms with E-state index in [1.54, 1.807) is 19.2 Å². The second-order valence-corrected chi connectivity index (χ2v) is 9.12. The van der Waals surface area contributed by atoms with Gasteiger partial charge >= 0.3 is 0 Å². The third kappa shape index (κ3) is 6.30. The van der Waals surface area contributed by atoms with Crippen molar-refractivity contribution >= 4 is 29.1 Å². The van der Waals surface area contributed by atoms with Crippen molar-refractivity contribution in [2.45, 2.75) is 12.7 Å². The molecule has 3 aromatic rings. The van der Waals surface area contributed by atoms with E-state index in [0.29, 0.717) is 35.3 Å². The number of ether oxygens (including phenoxy) is 2. The third-order valence-electron chi connectivity index (χ3n) is 6.01. The van der Waals surface area contributed by atoms with Crippen LogP contribution in [0.1, 0.15) is 27.6 Å². The molecule has 4 rings (SSSR count). The maximum absolute atomic E-state index is 12.9. The molecule has 1 aliphatic rings. The Morgan fingerprint density at radius 3 is 2.38 bits per heavy atom. The lowest BCUT2D eigenvalue weighted by molar-refractivity contribution is 0.00338. The first kappa shape index (κ1) is 24.6. The molecule has 7 heteroatoms. The first-order valence-corrected chi connectivity index (χ1v) is 12.1. The molecular weight excluding hydrogens is 471 g/mol. The molecule has 0 N–H and O–H groups in total. The van der Waals surface area contributed by atoms with Crippen LogP contribution >= 0.6 is 23.2 Å². The van der Waals surface area contributed by atoms with Gasteiger partial charge in [0.05, 0.1) is 30.4 Å². The molecular formula is C27H28Cl2N2O3. The number of nitrogens with zero attached hydrogens (tertiary/aromatic N) is 2. The average molecular weight is 499 g/mol. The van der Waals surface area contributed by atoms with Crippen molar-refractivity contribution in [1.82, 2.24) is 9.80 Å². The number of benzene rings is 3. The van der Waals surface area contributed by atoms with Crippen LogP contribution in [0.5, 0.6) is 5.75 Å². The van der Waals surface area contributed by atoms with E-state index < -0.39 is 0 Å². The molecule has 1 fully saturated rings. The van der Waals surface area contributed by atoms with Crippen molar-refractivity contribution < 1.29 is 14.3 Å². The summed E-state index contributed by atoms with van der Waals surface area (Å²) in [7, 11) is 1.66. The minimum atomic E-state index is -0.130. The van der Waals surface area contributed by atoms with Crippen LogP contribution in [0.25, 0.3) is 0 Å². The van der Waals surface area contributed by atoms with Crippen LogP contribution in [-0.2, 0) is 11.3 Å². The zero-order chi connectivity index (χ0) is 23.9. The normalized spacial score (nSPS) is 15.2. The molecule has 0 bridgehead atoms. The lowest BCUT2D eigenvalue weighted by Gasteiger charge is -2.36. The van der Waals surface area contributed by atoms with E-state index in [4.69, 9.17) is 32.7 Å². The number of rotatable bonds is 8. The molecule has 0 radical (unpaired) electrons. The number of piperazine rings is 1. The van der Waals surface area contributed by atoms with Crippen LogP contribution in [0.3, 0.4) is 0 Å². The minimum absolute atomic E-state index is 0.0197. The molecule has 1 aliphatic heterocycles. The second kappa shape index (κ2) is 11.7. The first-order valence-electron chi connectivity index (χ1n) is 11.3. The van der Waals surface area contributed by atoms with E-state index in [1.807, 2.05) is 65.6 Å². The molecule has 178 valence electrons. The Labute approximate surface area is 210 Å². The van der Waals surface area contributed by atoms with Crippen LogP contribution < -0.4 is 4.74 Å². The highest BCUT2D eigenvalue weighted by Crippen LogP contribution is 2.25. The molecule has 0 spiro atoms. The van der Waals surface area contributed by atoms with Crippen molar-refractivity contribution in [1.29, 1.82) is 0 Å². The molecule has 0 aromatic heterocycles. The fraction of sp³-hybridized carbons (Fsp3) is 0.296. The van der Waals surface area contributed by atoms with E-state index >= 15 is 0 Å². The number of amides is 1. The molecule has 1 heterocycles. The van der Waals surface area contributed by atoms with Crippen LogP contribution in [0, 0.1) is 0 Å². The van der Waals surface area contributed by atoms with Crippen molar-refractivity contribution in [3.05, 3.63) is 99.5 Å². The fourth-order valence-electron chi connectivity index (χ4n) is 4.06. The zero-order valence-corrected chi connectivity index (χ0v) is 20.6. The van der Waals surface area contributed by atoms with Gasteiger partial charge in [-0.05, 0) is 47.5 Å². The Balaban J connectivity index is 1.40. The summed E-state index contributed by atoms with van der Waals surface area (Å²) >= 11 is 12.3. The zero-order valence-electron chi connectivity index (χ0n) is 19.1. The lowest BCUT2D eigenvalue weighted by Crippen LogP contribution is -2.49. The average Bonchev–Trinajstić information content (AvgIpc) is 2.87. The van der Waals surface area contributed by atoms with E-state index in [1.165, 1.54) is 0 Å². The third-order valence-corrected chi connectivity index (χ3v) is 6.60. The van der Waals surface area contributed by atoms with Crippen molar-refractivity contribution in [3.63, 3.8) is 0 Å². The highest BCUT2D eigenvalue weighted by atomic mass is 35.5. The lowest BCUT2D eigenvalue weighted by atomic mass is 10.1. The molecule has 0 saturated carbocycles. The number of halogens is 2. The summed E-state index contributed by atoms with van der Waals surface area (Å²) < 4.78 is 11.7. The van der Waals surface area contributed by atoms with Gasteiger partial charge in [0.1, 0.15) is 5.75 Å². The number of hydrogen-bond acceptors (Lipinski definition) is 4. The van der Waals surface area contributed by atoms with E-state index in [2.05, 4.69) is 4.90 Å². The topological polar surface area (TPSA) is 42.0 Å². The van der Waals surface area contributed by atoms with Crippen molar-refractivity contribution in [2.75, 3.05) is 39.8 Å². The smallest absolute Gasteiger partial charge is 0.255 e. The van der Waals surface area contributed by atoms with Gasteiger partial charge in [-0.25, -0.2) is 0 Å². The summed E-state index contributed by atoms with van der Waals surface area (Å²) in [6.45, 7) is 4.02. The second-order valence-electron chi connectivity index (χ2n) is 8.28. The summed E-state index contributed by atoms with van der Waals surface area (Å²) in [5.74, 6) is 0.789. The Kier molecular flexibility index (Phi) is 8.46. The first-order chi connectivity index (χ1) is 16.5. The number of hydrogen-bond donors (Lipinski definition) is 0. The summed E-state index contributed by atoms with van der Waals surface area (Å²) in [4.78, 5) is 17.1. The van der Waals surface area contributed by atoms with E-state index in [0.717, 1.165) is 36.5 Å². The maximum Gasteiger partial charge on any atom is 0.255 e. The monoisotopic (exact) mass is 498 g/mol. The van der Waals surface area contributed by atoms with Gasteiger partial charge in [-0.2, -0.15) is 0 Å². The van der Waals surface area contributed by atoms with E-state index in [-0.39, 0.29) is 12.0 Å². The Hall–Kier alpha value is -2.57. The summed E-state index contributed by atoms with van der Waals surface area (Å²) in [6, 6.07) is 22.9.